The van der Waals surface area contributed by atoms with Gasteiger partial charge in [0.2, 0.25) is 0 Å². The first-order valence-electron chi connectivity index (χ1n) is 6.47. The van der Waals surface area contributed by atoms with E-state index in [0.29, 0.717) is 12.0 Å². The number of nitrogens with one attached hydrogen (secondary N) is 1. The van der Waals surface area contributed by atoms with Crippen LogP contribution in [0.2, 0.25) is 0 Å². The van der Waals surface area contributed by atoms with Gasteiger partial charge >= 0.3 is 0 Å². The van der Waals surface area contributed by atoms with Gasteiger partial charge in [-0.1, -0.05) is 19.8 Å². The molecule has 0 radical (unpaired) electrons. The number of rotatable bonds is 4. The lowest BCUT2D eigenvalue weighted by atomic mass is 9.90. The minimum absolute atomic E-state index is 0.0933. The van der Waals surface area contributed by atoms with E-state index in [9.17, 15) is 0 Å². The van der Waals surface area contributed by atoms with Crippen molar-refractivity contribution in [2.45, 2.75) is 52.1 Å². The maximum Gasteiger partial charge on any atom is 0.0766 e. The molecule has 1 fully saturated rings. The molecule has 0 spiro atoms. The molecule has 1 saturated heterocycles. The molecule has 2 heteroatoms. The molecule has 1 aliphatic heterocycles. The predicted molar refractivity (Wildman–Crippen MR) is 70.3 cm³/mol. The Morgan fingerprint density at radius 2 is 2.19 bits per heavy atom. The fourth-order valence-corrected chi connectivity index (χ4v) is 2.38. The maximum atomic E-state index is 5.59. The molecular formula is C14H26N2. The fourth-order valence-electron chi connectivity index (χ4n) is 2.38. The molecule has 0 saturated carbocycles. The second-order valence-corrected chi connectivity index (χ2v) is 5.48. The molecule has 1 rings (SSSR count). The third-order valence-corrected chi connectivity index (χ3v) is 3.71. The SMILES string of the molecule is C#CC(C)(C)N1CCC(NCCC)C(C)C1. The summed E-state index contributed by atoms with van der Waals surface area (Å²) < 4.78 is 0. The standard InChI is InChI=1S/C14H26N2/c1-6-9-15-13-8-10-16(11-12(13)3)14(4,5)7-2/h2,12-13,15H,6,8-11H2,1,3-5H3. The summed E-state index contributed by atoms with van der Waals surface area (Å²) in [7, 11) is 0. The molecule has 0 aliphatic carbocycles. The van der Waals surface area contributed by atoms with Crippen LogP contribution in [-0.2, 0) is 0 Å². The summed E-state index contributed by atoms with van der Waals surface area (Å²) >= 11 is 0. The minimum Gasteiger partial charge on any atom is -0.314 e. The van der Waals surface area contributed by atoms with E-state index in [2.05, 4.69) is 43.8 Å². The van der Waals surface area contributed by atoms with Crippen molar-refractivity contribution in [3.8, 4) is 12.3 Å². The molecule has 0 aromatic heterocycles. The molecule has 2 atom stereocenters. The van der Waals surface area contributed by atoms with Gasteiger partial charge in [0.1, 0.15) is 0 Å². The monoisotopic (exact) mass is 222 g/mol. The van der Waals surface area contributed by atoms with Crippen molar-refractivity contribution >= 4 is 0 Å². The molecule has 92 valence electrons. The zero-order chi connectivity index (χ0) is 12.2. The van der Waals surface area contributed by atoms with E-state index < -0.39 is 0 Å². The highest BCUT2D eigenvalue weighted by Gasteiger charge is 2.32. The Bertz CT molecular complexity index is 252. The van der Waals surface area contributed by atoms with Gasteiger partial charge in [-0.3, -0.25) is 4.90 Å². The van der Waals surface area contributed by atoms with Gasteiger partial charge in [0.25, 0.3) is 0 Å². The molecular weight excluding hydrogens is 196 g/mol. The third kappa shape index (κ3) is 3.23. The highest BCUT2D eigenvalue weighted by Crippen LogP contribution is 2.23. The van der Waals surface area contributed by atoms with E-state index in [0.717, 1.165) is 19.6 Å². The van der Waals surface area contributed by atoms with Gasteiger partial charge in [0.05, 0.1) is 5.54 Å². The zero-order valence-electron chi connectivity index (χ0n) is 11.2. The van der Waals surface area contributed by atoms with E-state index in [1.54, 1.807) is 0 Å². The highest BCUT2D eigenvalue weighted by molar-refractivity contribution is 5.09. The molecule has 0 amide bonds. The summed E-state index contributed by atoms with van der Waals surface area (Å²) in [6, 6.07) is 0.671. The van der Waals surface area contributed by atoms with Gasteiger partial charge in [-0.05, 0) is 39.2 Å². The van der Waals surface area contributed by atoms with Gasteiger partial charge in [0.15, 0.2) is 0 Å². The lowest BCUT2D eigenvalue weighted by molar-refractivity contribution is 0.0866. The Morgan fingerprint density at radius 3 is 2.69 bits per heavy atom. The second-order valence-electron chi connectivity index (χ2n) is 5.48. The van der Waals surface area contributed by atoms with Crippen LogP contribution in [0.1, 0.15) is 40.5 Å². The van der Waals surface area contributed by atoms with Crippen LogP contribution in [0.15, 0.2) is 0 Å². The normalized spacial score (nSPS) is 27.7. The average Bonchev–Trinajstić information content (AvgIpc) is 2.27. The van der Waals surface area contributed by atoms with Crippen LogP contribution in [0.4, 0.5) is 0 Å². The van der Waals surface area contributed by atoms with Gasteiger partial charge in [-0.2, -0.15) is 0 Å². The zero-order valence-corrected chi connectivity index (χ0v) is 11.2. The number of nitrogens with zero attached hydrogens (tertiary/aromatic N) is 1. The maximum absolute atomic E-state index is 5.59. The summed E-state index contributed by atoms with van der Waals surface area (Å²) in [6.07, 6.45) is 8.02. The van der Waals surface area contributed by atoms with Crippen molar-refractivity contribution in [3.05, 3.63) is 0 Å². The van der Waals surface area contributed by atoms with Crippen LogP contribution in [-0.4, -0.2) is 36.1 Å². The summed E-state index contributed by atoms with van der Waals surface area (Å²) in [5, 5.41) is 3.63. The Kier molecular flexibility index (Phi) is 4.83. The van der Waals surface area contributed by atoms with Crippen molar-refractivity contribution in [1.82, 2.24) is 10.2 Å². The van der Waals surface area contributed by atoms with Crippen molar-refractivity contribution < 1.29 is 0 Å². The quantitative estimate of drug-likeness (QED) is 0.733. The van der Waals surface area contributed by atoms with Crippen molar-refractivity contribution in [2.24, 2.45) is 5.92 Å². The van der Waals surface area contributed by atoms with Crippen molar-refractivity contribution in [3.63, 3.8) is 0 Å². The van der Waals surface area contributed by atoms with E-state index in [1.165, 1.54) is 12.8 Å². The van der Waals surface area contributed by atoms with Crippen LogP contribution in [0.25, 0.3) is 0 Å². The van der Waals surface area contributed by atoms with Crippen LogP contribution >= 0.6 is 0 Å². The molecule has 1 heterocycles. The number of hydrogen-bond acceptors (Lipinski definition) is 2. The molecule has 16 heavy (non-hydrogen) atoms. The largest absolute Gasteiger partial charge is 0.314 e. The van der Waals surface area contributed by atoms with E-state index in [-0.39, 0.29) is 5.54 Å². The van der Waals surface area contributed by atoms with Crippen LogP contribution in [0, 0.1) is 18.3 Å². The third-order valence-electron chi connectivity index (χ3n) is 3.71. The number of terminal acetylenes is 1. The van der Waals surface area contributed by atoms with E-state index in [4.69, 9.17) is 6.42 Å². The van der Waals surface area contributed by atoms with Gasteiger partial charge in [-0.15, -0.1) is 6.42 Å². The lowest BCUT2D eigenvalue weighted by Crippen LogP contribution is -2.54. The predicted octanol–water partition coefficient (Wildman–Crippen LogP) is 2.11. The van der Waals surface area contributed by atoms with Gasteiger partial charge < -0.3 is 5.32 Å². The molecule has 0 aromatic rings. The molecule has 2 nitrogen and oxygen atoms in total. The highest BCUT2D eigenvalue weighted by atomic mass is 15.2. The molecule has 2 unspecified atom stereocenters. The van der Waals surface area contributed by atoms with Gasteiger partial charge in [-0.25, -0.2) is 0 Å². The molecule has 1 aliphatic rings. The topological polar surface area (TPSA) is 15.3 Å². The Balaban J connectivity index is 2.49. The average molecular weight is 222 g/mol. The number of piperidine rings is 1. The van der Waals surface area contributed by atoms with Crippen LogP contribution in [0.5, 0.6) is 0 Å². The van der Waals surface area contributed by atoms with Crippen molar-refractivity contribution in [2.75, 3.05) is 19.6 Å². The summed E-state index contributed by atoms with van der Waals surface area (Å²) in [4.78, 5) is 2.43. The van der Waals surface area contributed by atoms with Crippen molar-refractivity contribution in [1.29, 1.82) is 0 Å². The number of likely N-dealkylation sites (tertiary alicyclic amines) is 1. The fraction of sp³-hybridized carbons (Fsp3) is 0.857. The Morgan fingerprint density at radius 1 is 1.50 bits per heavy atom. The summed E-state index contributed by atoms with van der Waals surface area (Å²) in [6.45, 7) is 12.2. The first kappa shape index (κ1) is 13.5. The number of hydrogen-bond donors (Lipinski definition) is 1. The molecule has 1 N–H and O–H groups in total. The Hall–Kier alpha value is -0.520. The molecule has 0 bridgehead atoms. The Labute approximate surface area is 101 Å². The lowest BCUT2D eigenvalue weighted by Gasteiger charge is -2.43. The second kappa shape index (κ2) is 5.70. The smallest absolute Gasteiger partial charge is 0.0766 e. The first-order valence-corrected chi connectivity index (χ1v) is 6.47. The summed E-state index contributed by atoms with van der Waals surface area (Å²) in [5.41, 5.74) is -0.0933. The van der Waals surface area contributed by atoms with Gasteiger partial charge in [0, 0.05) is 19.1 Å². The minimum atomic E-state index is -0.0933. The first-order chi connectivity index (χ1) is 7.51. The molecule has 0 aromatic carbocycles. The van der Waals surface area contributed by atoms with E-state index >= 15 is 0 Å². The summed E-state index contributed by atoms with van der Waals surface area (Å²) in [5.74, 6) is 3.58. The van der Waals surface area contributed by atoms with E-state index in [1.807, 2.05) is 0 Å². The van der Waals surface area contributed by atoms with Crippen LogP contribution < -0.4 is 5.32 Å². The van der Waals surface area contributed by atoms with Crippen LogP contribution in [0.3, 0.4) is 0 Å².